The summed E-state index contributed by atoms with van der Waals surface area (Å²) in [5.74, 6) is 0.714. The number of likely N-dealkylation sites (tertiary alicyclic amines) is 2. The van der Waals surface area contributed by atoms with Gasteiger partial charge >= 0.3 is 5.97 Å². The van der Waals surface area contributed by atoms with Gasteiger partial charge in [0.1, 0.15) is 17.9 Å². The fraction of sp³-hybridized carbons (Fsp3) is 0.519. The van der Waals surface area contributed by atoms with Crippen LogP contribution in [0.5, 0.6) is 5.75 Å². The fourth-order valence-corrected chi connectivity index (χ4v) is 5.46. The maximum atomic E-state index is 11.9. The number of aliphatic carboxylic acids is 1. The number of nitrogens with zero attached hydrogens (tertiary/aromatic N) is 2. The lowest BCUT2D eigenvalue weighted by molar-refractivity contribution is -0.144. The van der Waals surface area contributed by atoms with Gasteiger partial charge in [-0.1, -0.05) is 53.5 Å². The highest BCUT2D eigenvalue weighted by molar-refractivity contribution is 6.42. The largest absolute Gasteiger partial charge is 0.490 e. The number of hydrogen-bond acceptors (Lipinski definition) is 4. The minimum atomic E-state index is -0.696. The first-order valence-electron chi connectivity index (χ1n) is 12.3. The third kappa shape index (κ3) is 8.97. The van der Waals surface area contributed by atoms with Crippen molar-refractivity contribution in [3.63, 3.8) is 0 Å². The molecule has 2 heterocycles. The summed E-state index contributed by atoms with van der Waals surface area (Å²) in [7, 11) is 0. The molecule has 36 heavy (non-hydrogen) atoms. The number of carboxylic acids is 1. The molecule has 2 aromatic carbocycles. The predicted octanol–water partition coefficient (Wildman–Crippen LogP) is 6.48. The van der Waals surface area contributed by atoms with E-state index in [9.17, 15) is 9.90 Å². The van der Waals surface area contributed by atoms with Gasteiger partial charge in [-0.25, -0.2) is 0 Å². The van der Waals surface area contributed by atoms with Gasteiger partial charge in [0, 0.05) is 25.7 Å². The summed E-state index contributed by atoms with van der Waals surface area (Å²) in [6, 6.07) is 15.2. The molecule has 0 unspecified atom stereocenters. The smallest absolute Gasteiger partial charge is 0.320 e. The zero-order chi connectivity index (χ0) is 23.9. The normalized spacial score (nSPS) is 18.6. The Morgan fingerprint density at radius 2 is 1.61 bits per heavy atom. The Hall–Kier alpha value is -1.21. The van der Waals surface area contributed by atoms with Crippen LogP contribution >= 0.6 is 48.0 Å². The molecule has 2 aliphatic rings. The summed E-state index contributed by atoms with van der Waals surface area (Å²) in [4.78, 5) is 16.7. The lowest BCUT2D eigenvalue weighted by Crippen LogP contribution is -2.48. The SMILES string of the molecule is Cl.Cl.O=C(O)[C@H](CCc1ccccc1)N1CCC(CN2CCC(Oc3ccc(Cl)c(Cl)c3)CC2)CC1. The second-order valence-electron chi connectivity index (χ2n) is 9.55. The number of carboxylic acid groups (broad SMARTS) is 1. The topological polar surface area (TPSA) is 53.0 Å². The van der Waals surface area contributed by atoms with E-state index in [1.54, 1.807) is 12.1 Å². The van der Waals surface area contributed by atoms with Gasteiger partial charge in [0.2, 0.25) is 0 Å². The molecule has 5 nitrogen and oxygen atoms in total. The number of rotatable bonds is 9. The number of hydrogen-bond donors (Lipinski definition) is 1. The van der Waals surface area contributed by atoms with E-state index < -0.39 is 12.0 Å². The standard InChI is InChI=1S/C27H34Cl2N2O3.2ClH/c28-24-8-7-23(18-25(24)29)34-22-12-14-30(15-13-22)19-21-10-16-31(17-11-21)26(27(32)33)9-6-20-4-2-1-3-5-20;;/h1-5,7-8,18,21-22,26H,6,9-17,19H2,(H,32,33);2*1H/t26-;;/m0../s1. The zero-order valence-electron chi connectivity index (χ0n) is 20.4. The average Bonchev–Trinajstić information content (AvgIpc) is 2.84. The van der Waals surface area contributed by atoms with Crippen LogP contribution in [0.25, 0.3) is 0 Å². The lowest BCUT2D eigenvalue weighted by Gasteiger charge is -2.39. The van der Waals surface area contributed by atoms with Crippen LogP contribution in [0.3, 0.4) is 0 Å². The zero-order valence-corrected chi connectivity index (χ0v) is 23.5. The van der Waals surface area contributed by atoms with Crippen LogP contribution in [-0.2, 0) is 11.2 Å². The molecule has 0 saturated carbocycles. The monoisotopic (exact) mass is 576 g/mol. The van der Waals surface area contributed by atoms with Crippen molar-refractivity contribution in [2.45, 2.75) is 50.7 Å². The van der Waals surface area contributed by atoms with E-state index in [1.165, 1.54) is 5.56 Å². The highest BCUT2D eigenvalue weighted by Crippen LogP contribution is 2.29. The van der Waals surface area contributed by atoms with Gasteiger partial charge in [0.15, 0.2) is 0 Å². The molecule has 0 amide bonds. The van der Waals surface area contributed by atoms with E-state index in [-0.39, 0.29) is 30.9 Å². The molecular weight excluding hydrogens is 542 g/mol. The molecule has 2 fully saturated rings. The van der Waals surface area contributed by atoms with E-state index in [4.69, 9.17) is 27.9 Å². The second-order valence-corrected chi connectivity index (χ2v) is 10.4. The maximum absolute atomic E-state index is 11.9. The molecule has 2 aliphatic heterocycles. The van der Waals surface area contributed by atoms with E-state index in [0.717, 1.165) is 70.6 Å². The quantitative estimate of drug-likeness (QED) is 0.370. The molecule has 2 aromatic rings. The highest BCUT2D eigenvalue weighted by atomic mass is 35.5. The average molecular weight is 578 g/mol. The molecule has 2 saturated heterocycles. The molecule has 4 rings (SSSR count). The van der Waals surface area contributed by atoms with Gasteiger partial charge in [-0.2, -0.15) is 0 Å². The first kappa shape index (κ1) is 31.0. The van der Waals surface area contributed by atoms with Crippen LogP contribution in [0.4, 0.5) is 0 Å². The van der Waals surface area contributed by atoms with Crippen LogP contribution < -0.4 is 4.74 Å². The molecular formula is C27H36Cl4N2O3. The second kappa shape index (κ2) is 15.3. The van der Waals surface area contributed by atoms with Crippen molar-refractivity contribution in [1.82, 2.24) is 9.80 Å². The van der Waals surface area contributed by atoms with Crippen molar-refractivity contribution in [2.75, 3.05) is 32.7 Å². The Labute approximate surface area is 236 Å². The highest BCUT2D eigenvalue weighted by Gasteiger charge is 2.31. The third-order valence-corrected chi connectivity index (χ3v) is 7.91. The number of piperidine rings is 2. The number of carbonyl (C=O) groups is 1. The van der Waals surface area contributed by atoms with E-state index in [2.05, 4.69) is 21.9 Å². The van der Waals surface area contributed by atoms with Gasteiger partial charge in [-0.05, 0) is 75.2 Å². The predicted molar refractivity (Wildman–Crippen MR) is 152 cm³/mol. The molecule has 0 aliphatic carbocycles. The third-order valence-electron chi connectivity index (χ3n) is 7.17. The fourth-order valence-electron chi connectivity index (χ4n) is 5.17. The lowest BCUT2D eigenvalue weighted by atomic mass is 9.93. The molecule has 0 spiro atoms. The molecule has 1 atom stereocenters. The van der Waals surface area contributed by atoms with Crippen molar-refractivity contribution >= 4 is 54.0 Å². The van der Waals surface area contributed by atoms with E-state index in [0.29, 0.717) is 22.4 Å². The molecule has 200 valence electrons. The Morgan fingerprint density at radius 3 is 2.22 bits per heavy atom. The van der Waals surface area contributed by atoms with Crippen molar-refractivity contribution < 1.29 is 14.6 Å². The minimum Gasteiger partial charge on any atom is -0.490 e. The van der Waals surface area contributed by atoms with Crippen LogP contribution in [0.2, 0.25) is 10.0 Å². The number of halogens is 4. The Kier molecular flexibility index (Phi) is 13.1. The van der Waals surface area contributed by atoms with Gasteiger partial charge < -0.3 is 14.7 Å². The Bertz CT molecular complexity index is 934. The summed E-state index contributed by atoms with van der Waals surface area (Å²) in [6.07, 6.45) is 5.80. The van der Waals surface area contributed by atoms with Crippen molar-refractivity contribution in [3.05, 3.63) is 64.1 Å². The molecule has 0 bridgehead atoms. The van der Waals surface area contributed by atoms with Crippen molar-refractivity contribution in [3.8, 4) is 5.75 Å². The summed E-state index contributed by atoms with van der Waals surface area (Å²) in [5.41, 5.74) is 1.20. The van der Waals surface area contributed by atoms with Crippen LogP contribution in [0.15, 0.2) is 48.5 Å². The number of ether oxygens (including phenoxy) is 1. The van der Waals surface area contributed by atoms with Crippen LogP contribution in [0.1, 0.15) is 37.7 Å². The summed E-state index contributed by atoms with van der Waals surface area (Å²) in [5, 5.41) is 10.9. The first-order valence-corrected chi connectivity index (χ1v) is 13.1. The van der Waals surface area contributed by atoms with E-state index in [1.807, 2.05) is 24.3 Å². The van der Waals surface area contributed by atoms with E-state index >= 15 is 0 Å². The number of benzene rings is 2. The van der Waals surface area contributed by atoms with Crippen LogP contribution in [0, 0.1) is 5.92 Å². The molecule has 9 heteroatoms. The Morgan fingerprint density at radius 1 is 0.944 bits per heavy atom. The summed E-state index contributed by atoms with van der Waals surface area (Å²) in [6.45, 7) is 4.89. The summed E-state index contributed by atoms with van der Waals surface area (Å²) < 4.78 is 6.12. The van der Waals surface area contributed by atoms with Gasteiger partial charge in [0.25, 0.3) is 0 Å². The first-order chi connectivity index (χ1) is 16.5. The number of aryl methyl sites for hydroxylation is 1. The van der Waals surface area contributed by atoms with Gasteiger partial charge in [-0.15, -0.1) is 24.8 Å². The maximum Gasteiger partial charge on any atom is 0.320 e. The van der Waals surface area contributed by atoms with Crippen molar-refractivity contribution in [1.29, 1.82) is 0 Å². The van der Waals surface area contributed by atoms with Crippen LogP contribution in [-0.4, -0.2) is 65.7 Å². The summed E-state index contributed by atoms with van der Waals surface area (Å²) >= 11 is 12.1. The van der Waals surface area contributed by atoms with Gasteiger partial charge in [-0.3, -0.25) is 9.69 Å². The minimum absolute atomic E-state index is 0. The molecule has 1 N–H and O–H groups in total. The van der Waals surface area contributed by atoms with Gasteiger partial charge in [0.05, 0.1) is 10.0 Å². The Balaban J connectivity index is 0.00000228. The molecule has 0 radical (unpaired) electrons. The van der Waals surface area contributed by atoms with Crippen molar-refractivity contribution in [2.24, 2.45) is 5.92 Å². The molecule has 0 aromatic heterocycles.